The van der Waals surface area contributed by atoms with Gasteiger partial charge in [0, 0.05) is 4.47 Å². The van der Waals surface area contributed by atoms with E-state index in [-0.39, 0.29) is 12.5 Å². The molecule has 2 aromatic carbocycles. The summed E-state index contributed by atoms with van der Waals surface area (Å²) in [4.78, 5) is 12.0. The number of hydrogen-bond acceptors (Lipinski definition) is 3. The fourth-order valence-electron chi connectivity index (χ4n) is 2.06. The number of amides is 1. The van der Waals surface area contributed by atoms with Crippen LogP contribution in [-0.4, -0.2) is 12.5 Å². The molecule has 1 amide bonds. The Balaban J connectivity index is 2.02. The van der Waals surface area contributed by atoms with Crippen molar-refractivity contribution < 1.29 is 9.53 Å². The van der Waals surface area contributed by atoms with Crippen LogP contribution in [0, 0.1) is 13.8 Å². The molecule has 2 rings (SSSR count). The number of benzene rings is 2. The topological polar surface area (TPSA) is 64.3 Å². The van der Waals surface area contributed by atoms with Crippen LogP contribution in [0.25, 0.3) is 0 Å². The van der Waals surface area contributed by atoms with Gasteiger partial charge in [0.25, 0.3) is 5.91 Å². The zero-order valence-corrected chi connectivity index (χ0v) is 15.4. The van der Waals surface area contributed by atoms with E-state index in [0.717, 1.165) is 20.1 Å². The van der Waals surface area contributed by atoms with E-state index >= 15 is 0 Å². The van der Waals surface area contributed by atoms with Crippen LogP contribution in [0.5, 0.6) is 5.75 Å². The highest BCUT2D eigenvalue weighted by atomic mass is 79.9. The second kappa shape index (κ2) is 7.15. The van der Waals surface area contributed by atoms with Gasteiger partial charge in [0.15, 0.2) is 6.61 Å². The Morgan fingerprint density at radius 2 is 1.95 bits per heavy atom. The van der Waals surface area contributed by atoms with Gasteiger partial charge in [-0.2, -0.15) is 0 Å². The molecule has 0 saturated carbocycles. The first-order valence-electron chi connectivity index (χ1n) is 6.61. The number of carbonyl (C=O) groups excluding carboxylic acids is 1. The highest BCUT2D eigenvalue weighted by Crippen LogP contribution is 2.30. The maximum Gasteiger partial charge on any atom is 0.262 e. The van der Waals surface area contributed by atoms with E-state index in [1.165, 1.54) is 0 Å². The normalized spacial score (nSPS) is 10.4. The molecule has 0 radical (unpaired) electrons. The van der Waals surface area contributed by atoms with Crippen LogP contribution in [0.1, 0.15) is 11.1 Å². The van der Waals surface area contributed by atoms with Crippen LogP contribution in [-0.2, 0) is 4.79 Å². The Bertz CT molecular complexity index is 694. The molecule has 0 atom stereocenters. The van der Waals surface area contributed by atoms with Crippen LogP contribution in [0.2, 0.25) is 0 Å². The molecule has 0 bridgehead atoms. The van der Waals surface area contributed by atoms with Gasteiger partial charge in [0.05, 0.1) is 15.8 Å². The first kappa shape index (κ1) is 16.8. The number of carbonyl (C=O) groups is 1. The van der Waals surface area contributed by atoms with Crippen LogP contribution < -0.4 is 15.8 Å². The van der Waals surface area contributed by atoms with E-state index in [0.29, 0.717) is 17.1 Å². The van der Waals surface area contributed by atoms with E-state index in [4.69, 9.17) is 10.5 Å². The zero-order chi connectivity index (χ0) is 16.3. The molecule has 0 aliphatic carbocycles. The number of nitrogen functional groups attached to an aromatic ring is 1. The van der Waals surface area contributed by atoms with Crippen molar-refractivity contribution in [2.75, 3.05) is 17.7 Å². The van der Waals surface area contributed by atoms with Crippen molar-refractivity contribution in [2.24, 2.45) is 0 Å². The van der Waals surface area contributed by atoms with Crippen LogP contribution in [0.4, 0.5) is 11.4 Å². The van der Waals surface area contributed by atoms with Crippen LogP contribution >= 0.6 is 31.9 Å². The minimum absolute atomic E-state index is 0.0853. The van der Waals surface area contributed by atoms with E-state index in [2.05, 4.69) is 37.2 Å². The van der Waals surface area contributed by atoms with E-state index in [1.54, 1.807) is 12.1 Å². The fourth-order valence-corrected chi connectivity index (χ4v) is 3.22. The van der Waals surface area contributed by atoms with Crippen molar-refractivity contribution in [3.63, 3.8) is 0 Å². The summed E-state index contributed by atoms with van der Waals surface area (Å²) >= 11 is 6.78. The number of hydrogen-bond donors (Lipinski definition) is 2. The predicted molar refractivity (Wildman–Crippen MR) is 96.3 cm³/mol. The van der Waals surface area contributed by atoms with Gasteiger partial charge in [-0.3, -0.25) is 4.79 Å². The molecule has 0 unspecified atom stereocenters. The van der Waals surface area contributed by atoms with E-state index in [9.17, 15) is 4.79 Å². The maximum absolute atomic E-state index is 12.0. The van der Waals surface area contributed by atoms with Gasteiger partial charge >= 0.3 is 0 Å². The lowest BCUT2D eigenvalue weighted by Gasteiger charge is -2.13. The third-order valence-corrected chi connectivity index (χ3v) is 4.09. The molecule has 0 aromatic heterocycles. The summed E-state index contributed by atoms with van der Waals surface area (Å²) in [7, 11) is 0. The Kier molecular flexibility index (Phi) is 5.47. The SMILES string of the molecule is Cc1cc(C)c(OCC(=O)Nc2ccc(Br)cc2N)c(Br)c1. The molecule has 0 aliphatic heterocycles. The standard InChI is InChI=1S/C16H16Br2N2O2/c1-9-5-10(2)16(12(18)6-9)22-8-15(21)20-14-4-3-11(17)7-13(14)19/h3-7H,8,19H2,1-2H3,(H,20,21). The summed E-state index contributed by atoms with van der Waals surface area (Å²) < 4.78 is 7.31. The van der Waals surface area contributed by atoms with Gasteiger partial charge in [-0.25, -0.2) is 0 Å². The summed E-state index contributed by atoms with van der Waals surface area (Å²) in [5, 5.41) is 2.73. The smallest absolute Gasteiger partial charge is 0.262 e. The lowest BCUT2D eigenvalue weighted by Crippen LogP contribution is -2.21. The molecule has 22 heavy (non-hydrogen) atoms. The van der Waals surface area contributed by atoms with Crippen molar-refractivity contribution >= 4 is 49.1 Å². The fraction of sp³-hybridized carbons (Fsp3) is 0.188. The molecule has 0 aliphatic rings. The summed E-state index contributed by atoms with van der Waals surface area (Å²) in [5.41, 5.74) is 9.01. The number of anilines is 2. The van der Waals surface area contributed by atoms with Crippen molar-refractivity contribution in [1.82, 2.24) is 0 Å². The summed E-state index contributed by atoms with van der Waals surface area (Å²) in [6.07, 6.45) is 0. The first-order valence-corrected chi connectivity index (χ1v) is 8.20. The molecule has 0 spiro atoms. The Hall–Kier alpha value is -1.53. The number of rotatable bonds is 4. The second-order valence-corrected chi connectivity index (χ2v) is 6.73. The van der Waals surface area contributed by atoms with Gasteiger partial charge in [-0.15, -0.1) is 0 Å². The van der Waals surface area contributed by atoms with E-state index < -0.39 is 0 Å². The van der Waals surface area contributed by atoms with Gasteiger partial charge in [0.2, 0.25) is 0 Å². The quantitative estimate of drug-likeness (QED) is 0.709. The number of halogens is 2. The lowest BCUT2D eigenvalue weighted by molar-refractivity contribution is -0.118. The molecular weight excluding hydrogens is 412 g/mol. The van der Waals surface area contributed by atoms with Gasteiger partial charge in [0.1, 0.15) is 5.75 Å². The molecule has 0 heterocycles. The molecule has 0 saturated heterocycles. The molecule has 6 heteroatoms. The van der Waals surface area contributed by atoms with Gasteiger partial charge in [-0.1, -0.05) is 22.0 Å². The third kappa shape index (κ3) is 4.24. The first-order chi connectivity index (χ1) is 10.4. The maximum atomic E-state index is 12.0. The molecule has 2 aromatic rings. The van der Waals surface area contributed by atoms with Gasteiger partial charge in [-0.05, 0) is 65.2 Å². The van der Waals surface area contributed by atoms with Crippen LogP contribution in [0.15, 0.2) is 39.3 Å². The zero-order valence-electron chi connectivity index (χ0n) is 12.2. The minimum Gasteiger partial charge on any atom is -0.482 e. The number of nitrogens with two attached hydrogens (primary N) is 1. The van der Waals surface area contributed by atoms with Crippen LogP contribution in [0.3, 0.4) is 0 Å². The summed E-state index contributed by atoms with van der Waals surface area (Å²) in [5.74, 6) is 0.408. The average molecular weight is 428 g/mol. The monoisotopic (exact) mass is 426 g/mol. The van der Waals surface area contributed by atoms with Crippen molar-refractivity contribution in [3.05, 3.63) is 50.4 Å². The van der Waals surface area contributed by atoms with Crippen molar-refractivity contribution in [3.8, 4) is 5.75 Å². The highest BCUT2D eigenvalue weighted by molar-refractivity contribution is 9.10. The summed E-state index contributed by atoms with van der Waals surface area (Å²) in [6.45, 7) is 3.86. The average Bonchev–Trinajstić information content (AvgIpc) is 2.40. The molecule has 116 valence electrons. The highest BCUT2D eigenvalue weighted by Gasteiger charge is 2.10. The molecule has 0 fully saturated rings. The third-order valence-electron chi connectivity index (χ3n) is 3.01. The Morgan fingerprint density at radius 3 is 2.59 bits per heavy atom. The van der Waals surface area contributed by atoms with E-state index in [1.807, 2.05) is 32.0 Å². The Labute approximate surface area is 146 Å². The number of nitrogens with one attached hydrogen (secondary N) is 1. The summed E-state index contributed by atoms with van der Waals surface area (Å²) in [6, 6.07) is 9.24. The molecule has 3 N–H and O–H groups in total. The minimum atomic E-state index is -0.263. The largest absolute Gasteiger partial charge is 0.482 e. The molecule has 4 nitrogen and oxygen atoms in total. The van der Waals surface area contributed by atoms with Crippen molar-refractivity contribution in [1.29, 1.82) is 0 Å². The van der Waals surface area contributed by atoms with Crippen molar-refractivity contribution in [2.45, 2.75) is 13.8 Å². The number of aryl methyl sites for hydroxylation is 2. The second-order valence-electron chi connectivity index (χ2n) is 4.96. The number of ether oxygens (including phenoxy) is 1. The predicted octanol–water partition coefficient (Wildman–Crippen LogP) is 4.43. The van der Waals surface area contributed by atoms with Gasteiger partial charge < -0.3 is 15.8 Å². The Morgan fingerprint density at radius 1 is 1.23 bits per heavy atom. The molecular formula is C16H16Br2N2O2. The lowest BCUT2D eigenvalue weighted by atomic mass is 10.1.